The highest BCUT2D eigenvalue weighted by Crippen LogP contribution is 2.26. The number of hydrogen-bond donors (Lipinski definition) is 2. The normalized spacial score (nSPS) is 11.6. The lowest BCUT2D eigenvalue weighted by atomic mass is 10.0. The number of hydrogen-bond acceptors (Lipinski definition) is 2. The first-order chi connectivity index (χ1) is 10.6. The molecule has 1 aromatic carbocycles. The molecule has 0 bridgehead atoms. The summed E-state index contributed by atoms with van der Waals surface area (Å²) >= 11 is 4.95. The van der Waals surface area contributed by atoms with Crippen LogP contribution in [-0.4, -0.2) is 28.4 Å². The Morgan fingerprint density at radius 1 is 1.35 bits per heavy atom. The fourth-order valence-electron chi connectivity index (χ4n) is 2.13. The van der Waals surface area contributed by atoms with E-state index in [-0.39, 0.29) is 16.7 Å². The van der Waals surface area contributed by atoms with Gasteiger partial charge in [-0.15, -0.1) is 0 Å². The second-order valence-electron chi connectivity index (χ2n) is 5.01. The largest absolute Gasteiger partial charge is 0.405 e. The Kier molecular flexibility index (Phi) is 4.60. The van der Waals surface area contributed by atoms with Crippen LogP contribution < -0.4 is 5.32 Å². The molecule has 2 rings (SSSR count). The fraction of sp³-hybridized carbons (Fsp3) is 0.286. The van der Waals surface area contributed by atoms with Gasteiger partial charge in [0.2, 0.25) is 0 Å². The van der Waals surface area contributed by atoms with E-state index in [1.54, 1.807) is 12.4 Å². The molecule has 0 unspecified atom stereocenters. The minimum absolute atomic E-state index is 0.0298. The van der Waals surface area contributed by atoms with E-state index in [4.69, 9.17) is 12.2 Å². The van der Waals surface area contributed by atoms with Gasteiger partial charge in [0.15, 0.2) is 0 Å². The maximum atomic E-state index is 14.2. The van der Waals surface area contributed by atoms with E-state index < -0.39 is 24.4 Å². The van der Waals surface area contributed by atoms with Crippen molar-refractivity contribution in [1.29, 1.82) is 0 Å². The molecule has 0 aliphatic heterocycles. The van der Waals surface area contributed by atoms with Gasteiger partial charge in [-0.25, -0.2) is 4.39 Å². The zero-order chi connectivity index (χ0) is 17.4. The van der Waals surface area contributed by atoms with E-state index in [2.05, 4.69) is 5.10 Å². The molecule has 1 aromatic heterocycles. The Balaban J connectivity index is 2.42. The van der Waals surface area contributed by atoms with Gasteiger partial charge in [0.25, 0.3) is 5.91 Å². The van der Waals surface area contributed by atoms with Crippen molar-refractivity contribution in [3.05, 3.63) is 39.8 Å². The highest BCUT2D eigenvalue weighted by Gasteiger charge is 2.28. The Labute approximate surface area is 134 Å². The van der Waals surface area contributed by atoms with Gasteiger partial charge in [-0.2, -0.15) is 13.2 Å². The minimum atomic E-state index is -4.52. The lowest BCUT2D eigenvalue weighted by Gasteiger charge is -2.12. The number of amides is 1. The number of aryl methyl sites for hydroxylation is 2. The summed E-state index contributed by atoms with van der Waals surface area (Å²) in [5, 5.41) is 4.53. The minimum Gasteiger partial charge on any atom is -0.343 e. The maximum Gasteiger partial charge on any atom is 0.405 e. The third-order valence-corrected chi connectivity index (χ3v) is 3.40. The zero-order valence-corrected chi connectivity index (χ0v) is 13.0. The van der Waals surface area contributed by atoms with Crippen LogP contribution in [0.3, 0.4) is 0 Å². The summed E-state index contributed by atoms with van der Waals surface area (Å²) in [4.78, 5) is 11.9. The summed E-state index contributed by atoms with van der Waals surface area (Å²) in [6.07, 6.45) is -4.52. The van der Waals surface area contributed by atoms with E-state index in [0.717, 1.165) is 6.07 Å². The predicted octanol–water partition coefficient (Wildman–Crippen LogP) is 3.49. The Morgan fingerprint density at radius 3 is 2.52 bits per heavy atom. The molecule has 23 heavy (non-hydrogen) atoms. The summed E-state index contributed by atoms with van der Waals surface area (Å²) < 4.78 is 52.6. The summed E-state index contributed by atoms with van der Waals surface area (Å²) in [6, 6.07) is 3.82. The quantitative estimate of drug-likeness (QED) is 0.660. The van der Waals surface area contributed by atoms with Gasteiger partial charge in [-0.05, 0) is 24.6 Å². The fourth-order valence-corrected chi connectivity index (χ4v) is 2.38. The van der Waals surface area contributed by atoms with Gasteiger partial charge in [0.05, 0.1) is 5.69 Å². The molecule has 0 aliphatic carbocycles. The second kappa shape index (κ2) is 6.15. The lowest BCUT2D eigenvalue weighted by Crippen LogP contribution is -2.34. The van der Waals surface area contributed by atoms with Crippen LogP contribution in [0.1, 0.15) is 15.9 Å². The van der Waals surface area contributed by atoms with Crippen LogP contribution in [0.2, 0.25) is 0 Å². The van der Waals surface area contributed by atoms with Crippen LogP contribution in [-0.2, 0) is 7.05 Å². The molecule has 124 valence electrons. The Hall–Kier alpha value is -2.16. The number of benzene rings is 1. The van der Waals surface area contributed by atoms with Gasteiger partial charge >= 0.3 is 6.18 Å². The molecule has 2 aromatic rings. The zero-order valence-electron chi connectivity index (χ0n) is 12.2. The number of halogens is 4. The topological polar surface area (TPSA) is 49.8 Å². The number of rotatable bonds is 3. The van der Waals surface area contributed by atoms with Crippen molar-refractivity contribution in [3.63, 3.8) is 0 Å². The molecule has 4 nitrogen and oxygen atoms in total. The van der Waals surface area contributed by atoms with Crippen molar-refractivity contribution in [3.8, 4) is 11.3 Å². The predicted molar refractivity (Wildman–Crippen MR) is 79.1 cm³/mol. The first-order valence-corrected chi connectivity index (χ1v) is 6.91. The van der Waals surface area contributed by atoms with Crippen molar-refractivity contribution in [1.82, 2.24) is 15.1 Å². The molecule has 0 aliphatic rings. The number of carbonyl (C=O) groups is 1. The maximum absolute atomic E-state index is 14.2. The number of aromatic amines is 1. The first kappa shape index (κ1) is 17.2. The van der Waals surface area contributed by atoms with Crippen LogP contribution in [0.4, 0.5) is 17.6 Å². The van der Waals surface area contributed by atoms with Crippen LogP contribution in [0.15, 0.2) is 18.2 Å². The van der Waals surface area contributed by atoms with Crippen LogP contribution in [0, 0.1) is 17.4 Å². The van der Waals surface area contributed by atoms with Crippen LogP contribution in [0.25, 0.3) is 11.3 Å². The van der Waals surface area contributed by atoms with E-state index in [1.807, 2.05) is 0 Å². The molecule has 0 saturated heterocycles. The van der Waals surface area contributed by atoms with E-state index in [9.17, 15) is 22.4 Å². The van der Waals surface area contributed by atoms with Crippen LogP contribution >= 0.6 is 12.2 Å². The number of alkyl halides is 3. The molecule has 0 spiro atoms. The first-order valence-electron chi connectivity index (χ1n) is 6.50. The van der Waals surface area contributed by atoms with Crippen molar-refractivity contribution in [2.75, 3.05) is 6.54 Å². The van der Waals surface area contributed by atoms with Crippen molar-refractivity contribution in [2.24, 2.45) is 7.05 Å². The molecule has 1 amide bonds. The average Bonchev–Trinajstić information content (AvgIpc) is 2.74. The average molecular weight is 347 g/mol. The summed E-state index contributed by atoms with van der Waals surface area (Å²) in [7, 11) is 1.60. The Morgan fingerprint density at radius 2 is 2.00 bits per heavy atom. The van der Waals surface area contributed by atoms with Gasteiger partial charge in [-0.3, -0.25) is 14.6 Å². The summed E-state index contributed by atoms with van der Waals surface area (Å²) in [5.41, 5.74) is 0.667. The highest BCUT2D eigenvalue weighted by atomic mass is 32.1. The van der Waals surface area contributed by atoms with Gasteiger partial charge in [0.1, 0.15) is 17.0 Å². The monoisotopic (exact) mass is 347 g/mol. The number of aromatic nitrogens is 2. The van der Waals surface area contributed by atoms with E-state index in [1.165, 1.54) is 23.7 Å². The summed E-state index contributed by atoms with van der Waals surface area (Å²) in [6.45, 7) is -0.00276. The van der Waals surface area contributed by atoms with Crippen LogP contribution in [0.5, 0.6) is 0 Å². The van der Waals surface area contributed by atoms with Gasteiger partial charge in [-0.1, -0.05) is 12.2 Å². The number of nitrogens with zero attached hydrogens (tertiary/aromatic N) is 1. The number of H-pyrrole nitrogens is 1. The lowest BCUT2D eigenvalue weighted by molar-refractivity contribution is -0.123. The number of nitrogens with one attached hydrogen (secondary N) is 2. The van der Waals surface area contributed by atoms with Crippen molar-refractivity contribution in [2.45, 2.75) is 13.1 Å². The molecular formula is C14H13F4N3OS. The van der Waals surface area contributed by atoms with E-state index >= 15 is 0 Å². The summed E-state index contributed by atoms with van der Waals surface area (Å²) in [5.74, 6) is -1.52. The molecule has 0 saturated carbocycles. The molecule has 0 radical (unpaired) electrons. The van der Waals surface area contributed by atoms with E-state index in [0.29, 0.717) is 10.3 Å². The number of carbonyl (C=O) groups excluding carboxylic acids is 1. The van der Waals surface area contributed by atoms with Crippen molar-refractivity contribution >= 4 is 18.1 Å². The molecular weight excluding hydrogens is 334 g/mol. The standard InChI is InChI=1S/C14H13F4N3OS/c1-7-3-10(15)9(11-5-12(23)20-21(11)2)4-8(7)13(22)19-6-14(16,17)18/h3-5H,6H2,1-2H3,(H,19,22)(H,20,23). The molecule has 2 N–H and O–H groups in total. The molecule has 9 heteroatoms. The third kappa shape index (κ3) is 3.98. The SMILES string of the molecule is Cc1cc(F)c(-c2cc(=S)[nH]n2C)cc1C(=O)NCC(F)(F)F. The molecule has 0 atom stereocenters. The Bertz CT molecular complexity index is 807. The highest BCUT2D eigenvalue weighted by molar-refractivity contribution is 7.71. The van der Waals surface area contributed by atoms with Gasteiger partial charge in [0, 0.05) is 24.2 Å². The second-order valence-corrected chi connectivity index (χ2v) is 5.45. The third-order valence-electron chi connectivity index (χ3n) is 3.19. The van der Waals surface area contributed by atoms with Crippen molar-refractivity contribution < 1.29 is 22.4 Å². The van der Waals surface area contributed by atoms with Gasteiger partial charge < -0.3 is 5.32 Å². The molecule has 1 heterocycles. The molecule has 0 fully saturated rings. The smallest absolute Gasteiger partial charge is 0.343 e.